The number of methoxy groups -OCH3 is 1. The van der Waals surface area contributed by atoms with E-state index in [4.69, 9.17) is 16.3 Å². The number of rotatable bonds is 5. The number of hydrazine groups is 1. The number of ether oxygens (including phenoxy) is 1. The first-order valence-corrected chi connectivity index (χ1v) is 10.8. The Morgan fingerprint density at radius 2 is 1.71 bits per heavy atom. The van der Waals surface area contributed by atoms with Crippen LogP contribution in [0.3, 0.4) is 0 Å². The van der Waals surface area contributed by atoms with Crippen LogP contribution in [0.2, 0.25) is 5.02 Å². The van der Waals surface area contributed by atoms with E-state index in [0.717, 1.165) is 22.0 Å². The van der Waals surface area contributed by atoms with Gasteiger partial charge in [0.15, 0.2) is 0 Å². The lowest BCUT2D eigenvalue weighted by Crippen LogP contribution is -2.54. The molecule has 0 bridgehead atoms. The quantitative estimate of drug-likeness (QED) is 0.431. The van der Waals surface area contributed by atoms with Gasteiger partial charge >= 0.3 is 0 Å². The molecular weight excluding hydrogens is 477 g/mol. The second-order valence-corrected chi connectivity index (χ2v) is 8.06. The predicted molar refractivity (Wildman–Crippen MR) is 125 cm³/mol. The molecule has 10 heteroatoms. The molecule has 0 radical (unpaired) electrons. The first-order chi connectivity index (χ1) is 16.8. The highest BCUT2D eigenvalue weighted by Gasteiger charge is 2.45. The Balaban J connectivity index is 1.68. The number of imide groups is 1. The molecule has 1 atom stereocenters. The molecule has 0 spiro atoms. The monoisotopic (exact) mass is 495 g/mol. The number of hydrogen-bond acceptors (Lipinski definition) is 5. The molecule has 8 nitrogen and oxygen atoms in total. The highest BCUT2D eigenvalue weighted by Crippen LogP contribution is 2.27. The number of nitrogens with one attached hydrogen (secondary N) is 1. The highest BCUT2D eigenvalue weighted by molar-refractivity contribution is 6.31. The van der Waals surface area contributed by atoms with E-state index in [0.29, 0.717) is 10.8 Å². The summed E-state index contributed by atoms with van der Waals surface area (Å²) in [4.78, 5) is 53.3. The van der Waals surface area contributed by atoms with Gasteiger partial charge in [0.05, 0.1) is 19.2 Å². The fourth-order valence-corrected chi connectivity index (χ4v) is 3.82. The summed E-state index contributed by atoms with van der Waals surface area (Å²) in [7, 11) is 1.47. The van der Waals surface area contributed by atoms with Crippen LogP contribution in [-0.2, 0) is 9.59 Å². The Kier molecular flexibility index (Phi) is 6.79. The van der Waals surface area contributed by atoms with E-state index >= 15 is 0 Å². The van der Waals surface area contributed by atoms with Gasteiger partial charge in [-0.25, -0.2) is 14.3 Å². The summed E-state index contributed by atoms with van der Waals surface area (Å²) in [6.45, 7) is 0. The first kappa shape index (κ1) is 23.9. The summed E-state index contributed by atoms with van der Waals surface area (Å²) in [5.74, 6) is -2.78. The van der Waals surface area contributed by atoms with Gasteiger partial charge in [0.25, 0.3) is 17.7 Å². The number of nitrogens with zero attached hydrogens (tertiary/aromatic N) is 2. The maximum absolute atomic E-state index is 13.4. The van der Waals surface area contributed by atoms with Gasteiger partial charge in [-0.15, -0.1) is 0 Å². The zero-order chi connectivity index (χ0) is 25.1. The minimum atomic E-state index is -1.33. The van der Waals surface area contributed by atoms with Crippen molar-refractivity contribution in [3.05, 3.63) is 94.8 Å². The maximum atomic E-state index is 13.4. The van der Waals surface area contributed by atoms with Gasteiger partial charge in [0, 0.05) is 16.1 Å². The molecule has 1 aliphatic heterocycles. The number of hydrogen-bond donors (Lipinski definition) is 1. The Morgan fingerprint density at radius 3 is 2.34 bits per heavy atom. The van der Waals surface area contributed by atoms with Gasteiger partial charge in [-0.05, 0) is 66.7 Å². The average molecular weight is 496 g/mol. The third kappa shape index (κ3) is 4.99. The number of amides is 4. The summed E-state index contributed by atoms with van der Waals surface area (Å²) in [5, 5.41) is 1.15. The van der Waals surface area contributed by atoms with Crippen molar-refractivity contribution in [3.8, 4) is 5.75 Å². The van der Waals surface area contributed by atoms with Crippen LogP contribution in [0.25, 0.3) is 0 Å². The van der Waals surface area contributed by atoms with Crippen LogP contribution in [0.4, 0.5) is 10.1 Å². The van der Waals surface area contributed by atoms with Crippen LogP contribution in [0.1, 0.15) is 27.1 Å². The second kappa shape index (κ2) is 9.94. The lowest BCUT2D eigenvalue weighted by molar-refractivity contribution is -0.122. The molecule has 4 amide bonds. The largest absolute Gasteiger partial charge is 0.497 e. The van der Waals surface area contributed by atoms with E-state index in [2.05, 4.69) is 5.43 Å². The van der Waals surface area contributed by atoms with Gasteiger partial charge in [-0.1, -0.05) is 17.7 Å². The van der Waals surface area contributed by atoms with E-state index in [1.165, 1.54) is 43.5 Å². The molecule has 3 aromatic rings. The van der Waals surface area contributed by atoms with Crippen LogP contribution >= 0.6 is 11.6 Å². The smallest absolute Gasteiger partial charge is 0.273 e. The molecule has 4 rings (SSSR count). The van der Waals surface area contributed by atoms with E-state index < -0.39 is 35.5 Å². The minimum Gasteiger partial charge on any atom is -0.497 e. The van der Waals surface area contributed by atoms with Crippen molar-refractivity contribution >= 4 is 40.9 Å². The fraction of sp³-hybridized carbons (Fsp3) is 0.120. The van der Waals surface area contributed by atoms with Crippen molar-refractivity contribution in [3.63, 3.8) is 0 Å². The van der Waals surface area contributed by atoms with E-state index in [9.17, 15) is 23.6 Å². The molecule has 3 aromatic carbocycles. The molecule has 1 aliphatic rings. The third-order valence-corrected chi connectivity index (χ3v) is 5.62. The molecule has 1 fully saturated rings. The third-order valence-electron chi connectivity index (χ3n) is 5.38. The fourth-order valence-electron chi connectivity index (χ4n) is 3.63. The molecule has 35 heavy (non-hydrogen) atoms. The predicted octanol–water partition coefficient (Wildman–Crippen LogP) is 3.61. The van der Waals surface area contributed by atoms with Crippen LogP contribution in [0, 0.1) is 5.82 Å². The number of benzene rings is 3. The number of carbonyl (C=O) groups is 4. The molecule has 1 unspecified atom stereocenters. The Morgan fingerprint density at radius 1 is 1.03 bits per heavy atom. The molecular formula is C25H19ClFN3O5. The van der Waals surface area contributed by atoms with Crippen molar-refractivity contribution < 1.29 is 28.3 Å². The summed E-state index contributed by atoms with van der Waals surface area (Å²) < 4.78 is 18.5. The van der Waals surface area contributed by atoms with Gasteiger partial charge in [0.1, 0.15) is 17.6 Å². The Bertz CT molecular complexity index is 1300. The highest BCUT2D eigenvalue weighted by atomic mass is 35.5. The number of anilines is 1. The van der Waals surface area contributed by atoms with Crippen LogP contribution < -0.4 is 15.1 Å². The summed E-state index contributed by atoms with van der Waals surface area (Å²) in [5.41, 5.74) is 2.91. The number of carbonyl (C=O) groups excluding carboxylic acids is 4. The zero-order valence-corrected chi connectivity index (χ0v) is 19.2. The van der Waals surface area contributed by atoms with E-state index in [-0.39, 0.29) is 23.2 Å². The van der Waals surface area contributed by atoms with Crippen LogP contribution in [-0.4, -0.2) is 41.8 Å². The SMILES string of the molecule is COc1ccc(C(=O)N(NC(=O)c2cccc(Cl)c2)C2CC(=O)N(c3ccc(F)cc3)C2=O)cc1. The van der Waals surface area contributed by atoms with Gasteiger partial charge < -0.3 is 4.74 Å². The average Bonchev–Trinajstić information content (AvgIpc) is 3.16. The maximum Gasteiger partial charge on any atom is 0.273 e. The van der Waals surface area contributed by atoms with Gasteiger partial charge in [0.2, 0.25) is 5.91 Å². The summed E-state index contributed by atoms with van der Waals surface area (Å²) >= 11 is 5.98. The lowest BCUT2D eigenvalue weighted by atomic mass is 10.1. The van der Waals surface area contributed by atoms with E-state index in [1.54, 1.807) is 24.3 Å². The van der Waals surface area contributed by atoms with Crippen LogP contribution in [0.15, 0.2) is 72.8 Å². The molecule has 1 N–H and O–H groups in total. The Labute approximate surface area is 204 Å². The summed E-state index contributed by atoms with van der Waals surface area (Å²) in [6, 6.07) is 15.6. The van der Waals surface area contributed by atoms with Crippen molar-refractivity contribution in [1.29, 1.82) is 0 Å². The first-order valence-electron chi connectivity index (χ1n) is 10.4. The second-order valence-electron chi connectivity index (χ2n) is 7.62. The van der Waals surface area contributed by atoms with Crippen LogP contribution in [0.5, 0.6) is 5.75 Å². The minimum absolute atomic E-state index is 0.150. The summed E-state index contributed by atoms with van der Waals surface area (Å²) in [6.07, 6.45) is -0.381. The van der Waals surface area contributed by atoms with Crippen molar-refractivity contribution in [2.45, 2.75) is 12.5 Å². The van der Waals surface area contributed by atoms with Crippen molar-refractivity contribution in [1.82, 2.24) is 10.4 Å². The molecule has 1 heterocycles. The zero-order valence-electron chi connectivity index (χ0n) is 18.4. The van der Waals surface area contributed by atoms with Crippen molar-refractivity contribution in [2.24, 2.45) is 0 Å². The van der Waals surface area contributed by atoms with Crippen molar-refractivity contribution in [2.75, 3.05) is 12.0 Å². The topological polar surface area (TPSA) is 96.0 Å². The van der Waals surface area contributed by atoms with Gasteiger partial charge in [-0.3, -0.25) is 24.6 Å². The normalized spacial score (nSPS) is 15.2. The molecule has 0 aliphatic carbocycles. The lowest BCUT2D eigenvalue weighted by Gasteiger charge is -2.28. The Hall–Kier alpha value is -4.24. The van der Waals surface area contributed by atoms with Gasteiger partial charge in [-0.2, -0.15) is 0 Å². The molecule has 0 aromatic heterocycles. The molecule has 0 saturated carbocycles. The van der Waals surface area contributed by atoms with E-state index in [1.807, 2.05) is 0 Å². The molecule has 178 valence electrons. The standard InChI is InChI=1S/C25H19ClFN3O5/c1-35-20-11-5-15(6-12-20)24(33)30(28-23(32)16-3-2-4-17(26)13-16)21-14-22(31)29(25(21)34)19-9-7-18(27)8-10-19/h2-13,21H,14H2,1H3,(H,28,32). The molecule has 1 saturated heterocycles. The number of halogens is 2.